The summed E-state index contributed by atoms with van der Waals surface area (Å²) in [6.45, 7) is 40.8. The van der Waals surface area contributed by atoms with E-state index in [0.29, 0.717) is 108 Å². The first kappa shape index (κ1) is 75.8. The molecular weight excluding hydrogens is 1230 g/mol. The summed E-state index contributed by atoms with van der Waals surface area (Å²) in [5.41, 5.74) is -1.22. The van der Waals surface area contributed by atoms with E-state index in [2.05, 4.69) is 71.9 Å². The van der Waals surface area contributed by atoms with Gasteiger partial charge in [0.1, 0.15) is 28.0 Å². The topological polar surface area (TPSA) is 245 Å². The largest absolute Gasteiger partial charge is 0.463 e. The Hall–Kier alpha value is -5.39. The molecule has 0 aromatic rings. The van der Waals surface area contributed by atoms with Gasteiger partial charge in [0.2, 0.25) is 6.10 Å². The zero-order valence-corrected chi connectivity index (χ0v) is 60.5. The molecule has 1 saturated heterocycles. The van der Waals surface area contributed by atoms with Crippen molar-refractivity contribution in [2.75, 3.05) is 6.61 Å². The molecule has 1 aliphatic heterocycles. The highest BCUT2D eigenvalue weighted by Crippen LogP contribution is 2.65. The van der Waals surface area contributed by atoms with E-state index in [1.54, 1.807) is 34.6 Å². The molecule has 3 N–H and O–H groups in total. The molecule has 0 aromatic carbocycles. The molecule has 16 bridgehead atoms. The van der Waals surface area contributed by atoms with Gasteiger partial charge in [-0.3, -0.25) is 0 Å². The van der Waals surface area contributed by atoms with Crippen molar-refractivity contribution in [1.82, 2.24) is 0 Å². The molecule has 1 heterocycles. The molecule has 17 saturated carbocycles. The van der Waals surface area contributed by atoms with Crippen LogP contribution in [0.1, 0.15) is 255 Å². The van der Waals surface area contributed by atoms with Gasteiger partial charge in [-0.2, -0.15) is 0 Å². The van der Waals surface area contributed by atoms with Crippen LogP contribution in [0.15, 0.2) is 72.9 Å². The average molecular weight is 1350 g/mol. The number of carbonyl (C=O) groups excluding carboxylic acids is 7. The van der Waals surface area contributed by atoms with Crippen LogP contribution in [0.4, 0.5) is 0 Å². The molecule has 97 heavy (non-hydrogen) atoms. The van der Waals surface area contributed by atoms with Crippen molar-refractivity contribution in [3.8, 4) is 0 Å². The van der Waals surface area contributed by atoms with Gasteiger partial charge in [0, 0.05) is 65.5 Å². The van der Waals surface area contributed by atoms with E-state index in [-0.39, 0.29) is 52.2 Å². The second-order valence-electron chi connectivity index (χ2n) is 34.2. The first-order chi connectivity index (χ1) is 45.3. The molecule has 0 amide bonds. The molecule has 0 aromatic heterocycles. The first-order valence-electron chi connectivity index (χ1n) is 37.0. The summed E-state index contributed by atoms with van der Waals surface area (Å²) in [5.74, 6) is 5.47. The molecule has 17 heteroatoms. The minimum atomic E-state index is -0.858. The molecule has 540 valence electrons. The fourth-order valence-electron chi connectivity index (χ4n) is 22.3. The summed E-state index contributed by atoms with van der Waals surface area (Å²) in [4.78, 5) is 80.6. The van der Waals surface area contributed by atoms with Crippen molar-refractivity contribution >= 4 is 41.8 Å². The van der Waals surface area contributed by atoms with Gasteiger partial charge < -0.3 is 48.5 Å². The van der Waals surface area contributed by atoms with Crippen molar-refractivity contribution < 1.29 is 82.0 Å². The first-order valence-corrected chi connectivity index (χ1v) is 37.0. The van der Waals surface area contributed by atoms with Gasteiger partial charge in [-0.05, 0) is 267 Å². The van der Waals surface area contributed by atoms with Gasteiger partial charge in [0.25, 0.3) is 0 Å². The van der Waals surface area contributed by atoms with Crippen LogP contribution in [0.5, 0.6) is 0 Å². The maximum Gasteiger partial charge on any atom is 0.347 e. The van der Waals surface area contributed by atoms with Crippen LogP contribution in [0.3, 0.4) is 0 Å². The Bertz CT molecular complexity index is 2990. The molecule has 5 atom stereocenters. The zero-order valence-electron chi connectivity index (χ0n) is 60.5. The lowest BCUT2D eigenvalue weighted by Crippen LogP contribution is -2.66. The third kappa shape index (κ3) is 16.8. The van der Waals surface area contributed by atoms with Gasteiger partial charge in [0.05, 0.1) is 23.4 Å². The second-order valence-corrected chi connectivity index (χ2v) is 34.2. The van der Waals surface area contributed by atoms with Crippen molar-refractivity contribution in [3.63, 3.8) is 0 Å². The number of hydrogen-bond donors (Lipinski definition) is 3. The number of cyclic esters (lactones) is 1. The number of rotatable bonds is 15. The normalized spacial score (nSPS) is 39.6. The minimum absolute atomic E-state index is 0.163. The quantitative estimate of drug-likeness (QED) is 0.0784. The Morgan fingerprint density at radius 2 is 0.814 bits per heavy atom. The second kappa shape index (κ2) is 29.3. The van der Waals surface area contributed by atoms with Gasteiger partial charge >= 0.3 is 41.8 Å². The van der Waals surface area contributed by atoms with Crippen molar-refractivity contribution in [2.45, 2.75) is 306 Å². The van der Waals surface area contributed by atoms with Gasteiger partial charge in [0.15, 0.2) is 0 Å². The monoisotopic (exact) mass is 1350 g/mol. The van der Waals surface area contributed by atoms with Crippen molar-refractivity contribution in [1.29, 1.82) is 0 Å². The van der Waals surface area contributed by atoms with Crippen molar-refractivity contribution in [2.24, 2.45) is 71.0 Å². The summed E-state index contributed by atoms with van der Waals surface area (Å²) >= 11 is 0. The summed E-state index contributed by atoms with van der Waals surface area (Å²) in [7, 11) is 0. The van der Waals surface area contributed by atoms with Crippen LogP contribution >= 0.6 is 0 Å². The predicted octanol–water partition coefficient (Wildman–Crippen LogP) is 14.4. The average Bonchev–Trinajstić information content (AvgIpc) is 1.65. The summed E-state index contributed by atoms with van der Waals surface area (Å²) < 4.78 is 38.2. The van der Waals surface area contributed by atoms with Gasteiger partial charge in [-0.25, -0.2) is 33.6 Å². The molecule has 18 aliphatic rings. The Morgan fingerprint density at radius 3 is 1.20 bits per heavy atom. The number of ether oxygens (including phenoxy) is 7. The molecule has 17 nitrogen and oxygen atoms in total. The van der Waals surface area contributed by atoms with E-state index < -0.39 is 52.0 Å². The standard InChI is InChI=1S/C17H26O2.C16H24O2.C14H20O4.C14H20O3.C11H18O2.C8H10O4/c1-10(2)16(18)19-17(11(3)4)14-6-12-5-13(8-14)9-15(17)7-12;1-4-16(18-15(17)10(2)3)13-6-11-5-12(8-13)9-14(16)7-11;1-9(2)11(15)18-14-5-10-3-12(16,7-14)6-13(17,4-10)8-14;1-9(2)12(15)17-14-6-10-3-11(7-14)5-13(16,4-10)8-14;1-4-11(7-5-6-8-11)13-10(12)9(2)3;1-5(2)7(9)12-6-3-4-11-8(6)10/h11-15H,1,5-9H2,2-4H3;11-14H,2,4-9H2,1,3H3;10,16-17H,1,3-8H2,2H3;10-11,16H,1,3-8H2,2H3;2,4-8H2,1,3H3;6H,1,3-4H2,2H3. The van der Waals surface area contributed by atoms with E-state index in [1.165, 1.54) is 90.4 Å². The lowest BCUT2D eigenvalue weighted by atomic mass is 9.47. The lowest BCUT2D eigenvalue weighted by Gasteiger charge is -2.62. The lowest BCUT2D eigenvalue weighted by molar-refractivity contribution is -0.260. The highest BCUT2D eigenvalue weighted by atomic mass is 16.6. The van der Waals surface area contributed by atoms with Crippen LogP contribution in [0, 0.1) is 71.0 Å². The number of aliphatic hydroxyl groups is 3. The smallest absolute Gasteiger partial charge is 0.347 e. The SMILES string of the molecule is C=C(C)C(=O)OC1(C(C)C)C2CC3CC(C2)CC1C3.C=C(C)C(=O)OC1(CC)C2CC3CC(C2)CC1C3.C=C(C)C(=O)OC1(CC)CCCC1.C=C(C)C(=O)OC12CC3CC(CC(O)(C3)C1)C2.C=C(C)C(=O)OC12CC3CC(O)(CC(O)(C3)C1)C2.C=C(C)C(=O)OC1CCOC1=O. The highest BCUT2D eigenvalue weighted by molar-refractivity contribution is 5.90. The third-order valence-electron chi connectivity index (χ3n) is 25.2. The summed E-state index contributed by atoms with van der Waals surface area (Å²) in [6, 6.07) is 0. The third-order valence-corrected chi connectivity index (χ3v) is 25.2. The molecule has 18 rings (SSSR count). The Morgan fingerprint density at radius 1 is 0.443 bits per heavy atom. The van der Waals surface area contributed by atoms with Crippen LogP contribution in [-0.2, 0) is 66.7 Å². The maximum absolute atomic E-state index is 12.1. The van der Waals surface area contributed by atoms with E-state index in [4.69, 9.17) is 28.4 Å². The highest BCUT2D eigenvalue weighted by Gasteiger charge is 2.66. The van der Waals surface area contributed by atoms with E-state index in [9.17, 15) is 48.9 Å². The van der Waals surface area contributed by atoms with Gasteiger partial charge in [-0.1, -0.05) is 67.2 Å². The Labute approximate surface area is 578 Å². The summed E-state index contributed by atoms with van der Waals surface area (Å²) in [6.07, 6.45) is 28.1. The molecule has 0 spiro atoms. The van der Waals surface area contributed by atoms with Crippen LogP contribution in [0.2, 0.25) is 0 Å². The Kier molecular flexibility index (Phi) is 22.9. The molecule has 0 radical (unpaired) electrons. The van der Waals surface area contributed by atoms with E-state index in [0.717, 1.165) is 94.3 Å². The molecular formula is C80H118O17. The Balaban J connectivity index is 0.000000137. The zero-order chi connectivity index (χ0) is 71.2. The van der Waals surface area contributed by atoms with Crippen molar-refractivity contribution in [3.05, 3.63) is 72.9 Å². The molecule has 17 aliphatic carbocycles. The van der Waals surface area contributed by atoms with Crippen LogP contribution in [-0.4, -0.2) is 115 Å². The number of esters is 7. The fraction of sp³-hybridized carbons (Fsp3) is 0.762. The van der Waals surface area contributed by atoms with E-state index in [1.807, 2.05) is 0 Å². The van der Waals surface area contributed by atoms with Gasteiger partial charge in [-0.15, -0.1) is 0 Å². The predicted molar refractivity (Wildman–Crippen MR) is 367 cm³/mol. The molecule has 5 unspecified atom stereocenters. The number of carbonyl (C=O) groups is 7. The van der Waals surface area contributed by atoms with Crippen LogP contribution in [0.25, 0.3) is 0 Å². The maximum atomic E-state index is 12.1. The minimum Gasteiger partial charge on any atom is -0.463 e. The molecule has 18 fully saturated rings. The number of hydrogen-bond acceptors (Lipinski definition) is 17. The van der Waals surface area contributed by atoms with Crippen LogP contribution < -0.4 is 0 Å². The fourth-order valence-corrected chi connectivity index (χ4v) is 22.3. The summed E-state index contributed by atoms with van der Waals surface area (Å²) in [5, 5.41) is 31.5. The van der Waals surface area contributed by atoms with E-state index >= 15 is 0 Å².